The second kappa shape index (κ2) is 16.8. The van der Waals surface area contributed by atoms with E-state index in [9.17, 15) is 19.5 Å². The number of carbonyl (C=O) groups is 3. The van der Waals surface area contributed by atoms with E-state index in [0.717, 1.165) is 85.4 Å². The zero-order valence-corrected chi connectivity index (χ0v) is 29.2. The number of aryl methyl sites for hydroxylation is 3. The molecular formula is C37H50N6O6. The van der Waals surface area contributed by atoms with Gasteiger partial charge >= 0.3 is 6.09 Å². The highest BCUT2D eigenvalue weighted by atomic mass is 16.6. The van der Waals surface area contributed by atoms with Gasteiger partial charge in [-0.3, -0.25) is 19.5 Å². The summed E-state index contributed by atoms with van der Waals surface area (Å²) in [5.74, 6) is 0.286. The lowest BCUT2D eigenvalue weighted by Gasteiger charge is -2.40. The molecule has 264 valence electrons. The summed E-state index contributed by atoms with van der Waals surface area (Å²) in [5.41, 5.74) is 5.49. The van der Waals surface area contributed by atoms with E-state index in [1.165, 1.54) is 5.56 Å². The topological polar surface area (TPSA) is 128 Å². The van der Waals surface area contributed by atoms with E-state index >= 15 is 0 Å². The first-order chi connectivity index (χ1) is 23.7. The number of rotatable bonds is 7. The number of para-hydroxylation sites is 1. The Bertz CT molecular complexity index is 1570. The summed E-state index contributed by atoms with van der Waals surface area (Å²) in [5, 5.41) is 13.1. The lowest BCUT2D eigenvalue weighted by molar-refractivity contribution is -0.137. The standard InChI is InChI=1S/C28H38N6O5.C9H12O/c1-31(25-18-29-24-5-3-2-4-23(24)27(25)30-20-35)21-6-10-34(11-7-21)28(37)39-19-26(36)33-14-12-32(13-15-33)22-8-16-38-17-9-22;1-6-4-7(2)9(10)8(3)5-6/h2-5,18,20-22H,6-17,19H2,1H3,(H,29,30,35);4-5,10H,1-3H3. The lowest BCUT2D eigenvalue weighted by Crippen LogP contribution is -2.54. The van der Waals surface area contributed by atoms with Crippen LogP contribution in [0.4, 0.5) is 16.2 Å². The molecule has 0 saturated carbocycles. The van der Waals surface area contributed by atoms with E-state index in [4.69, 9.17) is 9.47 Å². The maximum absolute atomic E-state index is 12.7. The van der Waals surface area contributed by atoms with Gasteiger partial charge in [-0.1, -0.05) is 35.9 Å². The van der Waals surface area contributed by atoms with Crippen LogP contribution in [-0.4, -0.2) is 121 Å². The number of carbonyl (C=O) groups excluding carboxylic acids is 3. The predicted octanol–water partition coefficient (Wildman–Crippen LogP) is 4.48. The highest BCUT2D eigenvalue weighted by Crippen LogP contribution is 2.34. The smallest absolute Gasteiger partial charge is 0.410 e. The number of likely N-dealkylation sites (tertiary alicyclic amines) is 1. The van der Waals surface area contributed by atoms with Crippen LogP contribution < -0.4 is 10.2 Å². The van der Waals surface area contributed by atoms with Crippen molar-refractivity contribution >= 4 is 40.7 Å². The van der Waals surface area contributed by atoms with Gasteiger partial charge in [-0.25, -0.2) is 4.79 Å². The molecule has 3 fully saturated rings. The number of benzene rings is 2. The highest BCUT2D eigenvalue weighted by molar-refractivity contribution is 6.01. The molecule has 0 unspecified atom stereocenters. The average molecular weight is 675 g/mol. The molecule has 2 aromatic carbocycles. The van der Waals surface area contributed by atoms with Crippen molar-refractivity contribution in [2.24, 2.45) is 0 Å². The molecule has 0 bridgehead atoms. The third kappa shape index (κ3) is 8.98. The second-order valence-electron chi connectivity index (χ2n) is 13.2. The van der Waals surface area contributed by atoms with Gasteiger partial charge in [0.2, 0.25) is 6.41 Å². The number of pyridine rings is 1. The molecule has 4 heterocycles. The Labute approximate surface area is 289 Å². The normalized spacial score (nSPS) is 17.6. The van der Waals surface area contributed by atoms with Crippen LogP contribution in [0.2, 0.25) is 0 Å². The largest absolute Gasteiger partial charge is 0.507 e. The zero-order chi connectivity index (χ0) is 34.9. The number of phenols is 1. The fraction of sp³-hybridized carbons (Fsp3) is 0.514. The number of aromatic nitrogens is 1. The van der Waals surface area contributed by atoms with Crippen LogP contribution in [0.3, 0.4) is 0 Å². The quantitative estimate of drug-likeness (QED) is 0.349. The molecule has 0 spiro atoms. The number of hydrogen-bond donors (Lipinski definition) is 2. The van der Waals surface area contributed by atoms with Crippen molar-refractivity contribution in [1.29, 1.82) is 0 Å². The van der Waals surface area contributed by atoms with Crippen molar-refractivity contribution in [3.8, 4) is 5.75 Å². The van der Waals surface area contributed by atoms with E-state index < -0.39 is 6.09 Å². The Morgan fingerprint density at radius 3 is 2.29 bits per heavy atom. The zero-order valence-electron chi connectivity index (χ0n) is 29.2. The summed E-state index contributed by atoms with van der Waals surface area (Å²) in [6.07, 6.45) is 5.60. The number of amides is 3. The van der Waals surface area contributed by atoms with E-state index in [1.54, 1.807) is 16.0 Å². The van der Waals surface area contributed by atoms with Crippen molar-refractivity contribution in [1.82, 2.24) is 19.7 Å². The van der Waals surface area contributed by atoms with Gasteiger partial charge in [0.05, 0.1) is 23.1 Å². The molecule has 3 amide bonds. The maximum Gasteiger partial charge on any atom is 0.410 e. The van der Waals surface area contributed by atoms with Gasteiger partial charge in [-0.2, -0.15) is 0 Å². The minimum atomic E-state index is -0.444. The molecule has 2 N–H and O–H groups in total. The highest BCUT2D eigenvalue weighted by Gasteiger charge is 2.30. The van der Waals surface area contributed by atoms with Crippen LogP contribution in [0.15, 0.2) is 42.6 Å². The first kappa shape index (κ1) is 35.9. The molecule has 49 heavy (non-hydrogen) atoms. The summed E-state index contributed by atoms with van der Waals surface area (Å²) in [7, 11) is 1.99. The Morgan fingerprint density at radius 2 is 1.63 bits per heavy atom. The molecule has 0 radical (unpaired) electrons. The number of phenolic OH excluding ortho intramolecular Hbond substituents is 1. The van der Waals surface area contributed by atoms with Gasteiger partial charge in [0.15, 0.2) is 6.61 Å². The molecule has 0 aliphatic carbocycles. The molecular weight excluding hydrogens is 624 g/mol. The van der Waals surface area contributed by atoms with E-state index in [-0.39, 0.29) is 18.6 Å². The minimum Gasteiger partial charge on any atom is -0.507 e. The Morgan fingerprint density at radius 1 is 0.980 bits per heavy atom. The number of nitrogens with zero attached hydrogens (tertiary/aromatic N) is 5. The Balaban J connectivity index is 0.000000402. The number of aromatic hydroxyl groups is 1. The fourth-order valence-corrected chi connectivity index (χ4v) is 7.11. The van der Waals surface area contributed by atoms with Crippen molar-refractivity contribution in [2.45, 2.75) is 58.5 Å². The van der Waals surface area contributed by atoms with Crippen molar-refractivity contribution in [3.63, 3.8) is 0 Å². The summed E-state index contributed by atoms with van der Waals surface area (Å²) < 4.78 is 10.9. The number of hydrogen-bond acceptors (Lipinski definition) is 9. The van der Waals surface area contributed by atoms with Crippen LogP contribution in [0.1, 0.15) is 42.4 Å². The van der Waals surface area contributed by atoms with Gasteiger partial charge in [-0.15, -0.1) is 0 Å². The van der Waals surface area contributed by atoms with E-state index in [2.05, 4.69) is 20.1 Å². The van der Waals surface area contributed by atoms with E-state index in [1.807, 2.05) is 64.2 Å². The summed E-state index contributed by atoms with van der Waals surface area (Å²) in [6, 6.07) is 12.4. The van der Waals surface area contributed by atoms with Crippen molar-refractivity contribution < 1.29 is 29.0 Å². The van der Waals surface area contributed by atoms with Crippen LogP contribution in [0.25, 0.3) is 10.9 Å². The molecule has 0 atom stereocenters. The molecule has 3 saturated heterocycles. The van der Waals surface area contributed by atoms with Crippen molar-refractivity contribution in [2.75, 3.05) is 76.4 Å². The second-order valence-corrected chi connectivity index (χ2v) is 13.2. The Kier molecular flexibility index (Phi) is 12.3. The van der Waals surface area contributed by atoms with Gasteiger partial charge in [-0.05, 0) is 63.6 Å². The van der Waals surface area contributed by atoms with Gasteiger partial charge in [0, 0.05) is 77.0 Å². The molecule has 6 rings (SSSR count). The molecule has 3 aromatic rings. The SMILES string of the molecule is CN(c1cnc2ccccc2c1NC=O)C1CCN(C(=O)OCC(=O)N2CCN(C3CCOCC3)CC2)CC1.Cc1cc(C)c(O)c(C)c1. The first-order valence-electron chi connectivity index (χ1n) is 17.2. The van der Waals surface area contributed by atoms with Crippen LogP contribution in [0.5, 0.6) is 5.75 Å². The average Bonchev–Trinajstić information content (AvgIpc) is 3.13. The molecule has 12 heteroatoms. The Hall–Kier alpha value is -4.42. The monoisotopic (exact) mass is 674 g/mol. The minimum absolute atomic E-state index is 0.136. The first-order valence-corrected chi connectivity index (χ1v) is 17.2. The van der Waals surface area contributed by atoms with Crippen LogP contribution in [0, 0.1) is 20.8 Å². The molecule has 3 aliphatic rings. The van der Waals surface area contributed by atoms with Crippen LogP contribution in [-0.2, 0) is 19.1 Å². The number of piperazine rings is 1. The summed E-state index contributed by atoms with van der Waals surface area (Å²) in [6.45, 7) is 11.3. The third-order valence-corrected chi connectivity index (χ3v) is 9.94. The van der Waals surface area contributed by atoms with Gasteiger partial charge in [0.25, 0.3) is 5.91 Å². The van der Waals surface area contributed by atoms with Crippen molar-refractivity contribution in [3.05, 3.63) is 59.3 Å². The molecule has 1 aromatic heterocycles. The van der Waals surface area contributed by atoms with Crippen LogP contribution >= 0.6 is 0 Å². The summed E-state index contributed by atoms with van der Waals surface area (Å²) in [4.78, 5) is 49.4. The van der Waals surface area contributed by atoms with Gasteiger partial charge < -0.3 is 34.6 Å². The third-order valence-electron chi connectivity index (χ3n) is 9.94. The fourth-order valence-electron chi connectivity index (χ4n) is 7.11. The number of fused-ring (bicyclic) bond motifs is 1. The molecule has 12 nitrogen and oxygen atoms in total. The number of anilines is 2. The lowest BCUT2D eigenvalue weighted by atomic mass is 10.0. The maximum atomic E-state index is 12.7. The number of nitrogens with one attached hydrogen (secondary N) is 1. The molecule has 3 aliphatic heterocycles. The van der Waals surface area contributed by atoms with E-state index in [0.29, 0.717) is 44.4 Å². The van der Waals surface area contributed by atoms with Gasteiger partial charge in [0.1, 0.15) is 5.75 Å². The predicted molar refractivity (Wildman–Crippen MR) is 190 cm³/mol. The number of piperidine rings is 1. The summed E-state index contributed by atoms with van der Waals surface area (Å²) >= 11 is 0. The number of ether oxygens (including phenoxy) is 2.